The van der Waals surface area contributed by atoms with Gasteiger partial charge >= 0.3 is 0 Å². The number of ether oxygens (including phenoxy) is 2. The third-order valence-electron chi connectivity index (χ3n) is 2.41. The maximum atomic E-state index is 9.43. The molecule has 0 aliphatic rings. The lowest BCUT2D eigenvalue weighted by Crippen LogP contribution is -2.26. The monoisotopic (exact) mass is 241 g/mol. The maximum Gasteiger partial charge on any atom is 0.224 e. The Labute approximate surface area is 101 Å². The minimum atomic E-state index is -0.350. The summed E-state index contributed by atoms with van der Waals surface area (Å²) in [4.78, 5) is 8.02. The number of rotatable bonds is 7. The molecule has 1 atom stereocenters. The zero-order chi connectivity index (χ0) is 12.7. The van der Waals surface area contributed by atoms with Crippen LogP contribution in [-0.2, 0) is 6.54 Å². The van der Waals surface area contributed by atoms with Crippen molar-refractivity contribution in [3.8, 4) is 11.8 Å². The Morgan fingerprint density at radius 1 is 1.29 bits per heavy atom. The maximum absolute atomic E-state index is 9.43. The van der Waals surface area contributed by atoms with E-state index in [0.717, 1.165) is 5.56 Å². The first-order chi connectivity index (χ1) is 8.22. The number of hydrogen-bond donors (Lipinski definition) is 2. The summed E-state index contributed by atoms with van der Waals surface area (Å²) < 4.78 is 10.3. The molecule has 1 aromatic heterocycles. The Balaban J connectivity index is 2.67. The lowest BCUT2D eigenvalue weighted by molar-refractivity contribution is 0.166. The molecule has 17 heavy (non-hydrogen) atoms. The smallest absolute Gasteiger partial charge is 0.224 e. The first-order valence-corrected chi connectivity index (χ1v) is 5.53. The predicted octanol–water partition coefficient (Wildman–Crippen LogP) is 0.354. The molecule has 1 aromatic rings. The highest BCUT2D eigenvalue weighted by Gasteiger charge is 2.12. The molecule has 0 aliphatic heterocycles. The number of hydrogen-bond acceptors (Lipinski definition) is 6. The molecule has 0 bridgehead atoms. The SMILES string of the molecule is CCC(O)CNCc1c(OC)ncnc1OC. The van der Waals surface area contributed by atoms with Crippen LogP contribution in [0.1, 0.15) is 18.9 Å². The molecule has 1 heterocycles. The predicted molar refractivity (Wildman–Crippen MR) is 63.1 cm³/mol. The summed E-state index contributed by atoms with van der Waals surface area (Å²) in [6, 6.07) is 0. The van der Waals surface area contributed by atoms with Gasteiger partial charge in [0.25, 0.3) is 0 Å². The lowest BCUT2D eigenvalue weighted by Gasteiger charge is -2.13. The van der Waals surface area contributed by atoms with E-state index in [-0.39, 0.29) is 6.10 Å². The fraction of sp³-hybridized carbons (Fsp3) is 0.636. The molecule has 0 saturated carbocycles. The largest absolute Gasteiger partial charge is 0.481 e. The van der Waals surface area contributed by atoms with Gasteiger partial charge in [0.1, 0.15) is 6.33 Å². The van der Waals surface area contributed by atoms with Crippen LogP contribution >= 0.6 is 0 Å². The Bertz CT molecular complexity index is 324. The third-order valence-corrected chi connectivity index (χ3v) is 2.41. The zero-order valence-electron chi connectivity index (χ0n) is 10.4. The van der Waals surface area contributed by atoms with Crippen molar-refractivity contribution in [2.75, 3.05) is 20.8 Å². The van der Waals surface area contributed by atoms with Crippen LogP contribution in [0.3, 0.4) is 0 Å². The van der Waals surface area contributed by atoms with E-state index in [1.54, 1.807) is 14.2 Å². The number of aliphatic hydroxyl groups is 1. The van der Waals surface area contributed by atoms with Crippen molar-refractivity contribution in [2.45, 2.75) is 26.0 Å². The summed E-state index contributed by atoms with van der Waals surface area (Å²) >= 11 is 0. The molecule has 0 aliphatic carbocycles. The van der Waals surface area contributed by atoms with E-state index in [4.69, 9.17) is 9.47 Å². The molecule has 0 radical (unpaired) electrons. The molecule has 1 rings (SSSR count). The summed E-state index contributed by atoms with van der Waals surface area (Å²) in [7, 11) is 3.10. The third kappa shape index (κ3) is 3.83. The van der Waals surface area contributed by atoms with Gasteiger partial charge in [-0.25, -0.2) is 9.97 Å². The molecular weight excluding hydrogens is 222 g/mol. The van der Waals surface area contributed by atoms with Gasteiger partial charge in [0.2, 0.25) is 11.8 Å². The standard InChI is InChI=1S/C11H19N3O3/c1-4-8(15)5-12-6-9-10(16-2)13-7-14-11(9)17-3/h7-8,12,15H,4-6H2,1-3H3. The van der Waals surface area contributed by atoms with Crippen LogP contribution in [0.25, 0.3) is 0 Å². The Hall–Kier alpha value is -1.40. The normalized spacial score (nSPS) is 12.2. The molecule has 6 nitrogen and oxygen atoms in total. The molecule has 1 unspecified atom stereocenters. The first-order valence-electron chi connectivity index (χ1n) is 5.53. The second-order valence-corrected chi connectivity index (χ2v) is 3.56. The van der Waals surface area contributed by atoms with E-state index in [0.29, 0.717) is 31.3 Å². The van der Waals surface area contributed by atoms with Gasteiger partial charge in [0, 0.05) is 13.1 Å². The van der Waals surface area contributed by atoms with Gasteiger partial charge in [-0.3, -0.25) is 0 Å². The Morgan fingerprint density at radius 2 is 1.88 bits per heavy atom. The fourth-order valence-corrected chi connectivity index (χ4v) is 1.39. The van der Waals surface area contributed by atoms with Gasteiger partial charge in [0.05, 0.1) is 25.9 Å². The average molecular weight is 241 g/mol. The summed E-state index contributed by atoms with van der Waals surface area (Å²) in [5.41, 5.74) is 0.751. The van der Waals surface area contributed by atoms with Gasteiger partial charge in [-0.1, -0.05) is 6.92 Å². The van der Waals surface area contributed by atoms with Gasteiger partial charge < -0.3 is 19.9 Å². The van der Waals surface area contributed by atoms with Crippen LogP contribution in [0.15, 0.2) is 6.33 Å². The minimum Gasteiger partial charge on any atom is -0.481 e. The van der Waals surface area contributed by atoms with Crippen molar-refractivity contribution in [1.82, 2.24) is 15.3 Å². The number of nitrogens with one attached hydrogen (secondary N) is 1. The van der Waals surface area contributed by atoms with Crippen molar-refractivity contribution in [2.24, 2.45) is 0 Å². The highest BCUT2D eigenvalue weighted by Crippen LogP contribution is 2.22. The van der Waals surface area contributed by atoms with E-state index >= 15 is 0 Å². The second-order valence-electron chi connectivity index (χ2n) is 3.56. The highest BCUT2D eigenvalue weighted by atomic mass is 16.5. The van der Waals surface area contributed by atoms with E-state index in [1.807, 2.05) is 6.92 Å². The quantitative estimate of drug-likeness (QED) is 0.717. The number of methoxy groups -OCH3 is 2. The van der Waals surface area contributed by atoms with Crippen LogP contribution in [-0.4, -0.2) is 41.9 Å². The van der Waals surface area contributed by atoms with Crippen LogP contribution in [0.4, 0.5) is 0 Å². The van der Waals surface area contributed by atoms with E-state index in [1.165, 1.54) is 6.33 Å². The lowest BCUT2D eigenvalue weighted by atomic mass is 10.2. The molecule has 0 saturated heterocycles. The van der Waals surface area contributed by atoms with Crippen LogP contribution < -0.4 is 14.8 Å². The summed E-state index contributed by atoms with van der Waals surface area (Å²) in [6.07, 6.45) is 1.76. The number of aromatic nitrogens is 2. The molecule has 0 spiro atoms. The molecule has 6 heteroatoms. The molecule has 0 fully saturated rings. The van der Waals surface area contributed by atoms with Crippen LogP contribution in [0.5, 0.6) is 11.8 Å². The highest BCUT2D eigenvalue weighted by molar-refractivity contribution is 5.34. The van der Waals surface area contributed by atoms with Crippen LogP contribution in [0.2, 0.25) is 0 Å². The Morgan fingerprint density at radius 3 is 2.35 bits per heavy atom. The molecule has 0 amide bonds. The molecule has 96 valence electrons. The fourth-order valence-electron chi connectivity index (χ4n) is 1.39. The first kappa shape index (κ1) is 13.7. The Kier molecular flexibility index (Phi) is 5.65. The number of aliphatic hydroxyl groups excluding tert-OH is 1. The van der Waals surface area contributed by atoms with Crippen molar-refractivity contribution < 1.29 is 14.6 Å². The average Bonchev–Trinajstić information content (AvgIpc) is 2.38. The van der Waals surface area contributed by atoms with Gasteiger partial charge in [-0.15, -0.1) is 0 Å². The van der Waals surface area contributed by atoms with E-state index in [9.17, 15) is 5.11 Å². The summed E-state index contributed by atoms with van der Waals surface area (Å²) in [6.45, 7) is 2.93. The van der Waals surface area contributed by atoms with Crippen molar-refractivity contribution >= 4 is 0 Å². The second kappa shape index (κ2) is 7.03. The van der Waals surface area contributed by atoms with Gasteiger partial charge in [0.15, 0.2) is 0 Å². The van der Waals surface area contributed by atoms with Crippen molar-refractivity contribution in [3.63, 3.8) is 0 Å². The number of nitrogens with zero attached hydrogens (tertiary/aromatic N) is 2. The van der Waals surface area contributed by atoms with Crippen molar-refractivity contribution in [1.29, 1.82) is 0 Å². The molecule has 0 aromatic carbocycles. The minimum absolute atomic E-state index is 0.350. The van der Waals surface area contributed by atoms with Gasteiger partial charge in [-0.2, -0.15) is 0 Å². The zero-order valence-corrected chi connectivity index (χ0v) is 10.4. The topological polar surface area (TPSA) is 76.5 Å². The van der Waals surface area contributed by atoms with Crippen molar-refractivity contribution in [3.05, 3.63) is 11.9 Å². The summed E-state index contributed by atoms with van der Waals surface area (Å²) in [5, 5.41) is 12.5. The molecular formula is C11H19N3O3. The molecule has 2 N–H and O–H groups in total. The van der Waals surface area contributed by atoms with Crippen LogP contribution in [0, 0.1) is 0 Å². The van der Waals surface area contributed by atoms with Gasteiger partial charge in [-0.05, 0) is 6.42 Å². The van der Waals surface area contributed by atoms with E-state index in [2.05, 4.69) is 15.3 Å². The summed E-state index contributed by atoms with van der Waals surface area (Å²) in [5.74, 6) is 0.964. The van der Waals surface area contributed by atoms with E-state index < -0.39 is 0 Å².